The Kier molecular flexibility index (Phi) is 10.8. The first-order chi connectivity index (χ1) is 35.5. The summed E-state index contributed by atoms with van der Waals surface area (Å²) in [4.78, 5) is 10.4. The largest absolute Gasteiger partial charge is 0.309 e. The number of rotatable bonds is 10. The van der Waals surface area contributed by atoms with Crippen molar-refractivity contribution >= 4 is 63.7 Å². The highest BCUT2D eigenvalue weighted by molar-refractivity contribution is 8.34. The molecule has 0 saturated carbocycles. The molecule has 0 aliphatic rings. The standard InChI is InChI=1S/C68H52N2S2/c1-49-33-41-65-61(45-49)62-46-50(2)34-42-66(62)69(65)51-35-37-52(38-36-51)70-67-43-39-59(71(53-21-9-3-10-22-53,54-23-11-4-12-24-54)55-25-13-5-14-26-55)47-63(67)64-48-60(40-44-68(64)70)72(56-27-15-6-16-28-56,57-29-17-7-18-30-57)58-31-19-8-20-32-58/h3-48H,1-2H3. The molecule has 346 valence electrons. The summed E-state index contributed by atoms with van der Waals surface area (Å²) < 4.78 is 4.92. The molecule has 0 fully saturated rings. The van der Waals surface area contributed by atoms with E-state index in [-0.39, 0.29) is 0 Å². The van der Waals surface area contributed by atoms with Gasteiger partial charge < -0.3 is 9.13 Å². The monoisotopic (exact) mass is 960 g/mol. The Morgan fingerprint density at radius 3 is 0.722 bits per heavy atom. The first-order valence-corrected chi connectivity index (χ1v) is 28.0. The van der Waals surface area contributed by atoms with Gasteiger partial charge in [-0.15, -0.1) is 20.1 Å². The third kappa shape index (κ3) is 6.89. The number of nitrogens with zero attached hydrogens (tertiary/aromatic N) is 2. The molecule has 72 heavy (non-hydrogen) atoms. The van der Waals surface area contributed by atoms with Gasteiger partial charge in [0.25, 0.3) is 0 Å². The van der Waals surface area contributed by atoms with Gasteiger partial charge in [-0.2, -0.15) is 0 Å². The molecular weight excluding hydrogens is 909 g/mol. The van der Waals surface area contributed by atoms with E-state index in [0.717, 1.165) is 11.4 Å². The molecule has 0 amide bonds. The van der Waals surface area contributed by atoms with E-state index >= 15 is 0 Å². The zero-order valence-electron chi connectivity index (χ0n) is 40.3. The summed E-state index contributed by atoms with van der Waals surface area (Å²) in [5.41, 5.74) is 9.56. The fourth-order valence-electron chi connectivity index (χ4n) is 11.3. The van der Waals surface area contributed by atoms with Gasteiger partial charge in [-0.1, -0.05) is 132 Å². The van der Waals surface area contributed by atoms with Crippen molar-refractivity contribution in [1.82, 2.24) is 9.13 Å². The summed E-state index contributed by atoms with van der Waals surface area (Å²) in [7, 11) is -3.95. The van der Waals surface area contributed by atoms with Crippen LogP contribution in [0.1, 0.15) is 11.1 Å². The fraction of sp³-hybridized carbons (Fsp3) is 0.0294. The maximum absolute atomic E-state index is 2.54. The van der Waals surface area contributed by atoms with Crippen LogP contribution in [0.25, 0.3) is 55.0 Å². The highest BCUT2D eigenvalue weighted by Gasteiger charge is 2.36. The quantitative estimate of drug-likeness (QED) is 0.129. The summed E-state index contributed by atoms with van der Waals surface area (Å²) in [6, 6.07) is 105. The summed E-state index contributed by atoms with van der Waals surface area (Å²) in [6.45, 7) is 4.37. The molecule has 4 heteroatoms. The van der Waals surface area contributed by atoms with Crippen molar-refractivity contribution in [3.05, 3.63) is 290 Å². The normalized spacial score (nSPS) is 12.5. The van der Waals surface area contributed by atoms with Gasteiger partial charge in [0, 0.05) is 72.1 Å². The minimum atomic E-state index is -1.97. The van der Waals surface area contributed by atoms with E-state index in [1.807, 2.05) is 0 Å². The predicted molar refractivity (Wildman–Crippen MR) is 305 cm³/mol. The molecule has 2 aromatic heterocycles. The minimum absolute atomic E-state index is 1.12. The molecule has 0 aliphatic heterocycles. The van der Waals surface area contributed by atoms with E-state index in [0.29, 0.717) is 0 Å². The number of aryl methyl sites for hydroxylation is 2. The molecule has 0 radical (unpaired) electrons. The molecule has 0 N–H and O–H groups in total. The Hall–Kier alpha value is -8.28. The lowest BCUT2D eigenvalue weighted by molar-refractivity contribution is 1.14. The molecule has 0 atom stereocenters. The molecule has 2 nitrogen and oxygen atoms in total. The topological polar surface area (TPSA) is 9.86 Å². The third-order valence-corrected chi connectivity index (χ3v) is 22.2. The number of hydrogen-bond acceptors (Lipinski definition) is 0. The number of fused-ring (bicyclic) bond motifs is 6. The van der Waals surface area contributed by atoms with Gasteiger partial charge >= 0.3 is 0 Å². The van der Waals surface area contributed by atoms with Crippen molar-refractivity contribution in [3.8, 4) is 11.4 Å². The molecule has 0 aliphatic carbocycles. The minimum Gasteiger partial charge on any atom is -0.309 e. The number of benzene rings is 11. The second-order valence-electron chi connectivity index (χ2n) is 18.7. The van der Waals surface area contributed by atoms with Crippen LogP contribution in [-0.4, -0.2) is 9.13 Å². The van der Waals surface area contributed by atoms with E-state index in [9.17, 15) is 0 Å². The van der Waals surface area contributed by atoms with Crippen molar-refractivity contribution in [3.63, 3.8) is 0 Å². The Balaban J connectivity index is 1.11. The van der Waals surface area contributed by atoms with E-state index in [4.69, 9.17) is 0 Å². The molecule has 0 bridgehead atoms. The third-order valence-electron chi connectivity index (χ3n) is 14.4. The number of hydrogen-bond donors (Lipinski definition) is 0. The molecule has 0 unspecified atom stereocenters. The van der Waals surface area contributed by atoms with Gasteiger partial charge in [0.05, 0.1) is 22.1 Å². The van der Waals surface area contributed by atoms with Crippen molar-refractivity contribution in [1.29, 1.82) is 0 Å². The van der Waals surface area contributed by atoms with Crippen LogP contribution >= 0.6 is 20.1 Å². The molecule has 13 aromatic rings. The highest BCUT2D eigenvalue weighted by atomic mass is 32.3. The van der Waals surface area contributed by atoms with E-state index in [2.05, 4.69) is 302 Å². The van der Waals surface area contributed by atoms with E-state index < -0.39 is 20.1 Å². The lowest BCUT2D eigenvalue weighted by Crippen LogP contribution is -2.05. The molecule has 13 rings (SSSR count). The van der Waals surface area contributed by atoms with Crippen LogP contribution in [0.15, 0.2) is 318 Å². The number of aromatic nitrogens is 2. The van der Waals surface area contributed by atoms with Gasteiger partial charge in [-0.3, -0.25) is 0 Å². The van der Waals surface area contributed by atoms with Crippen LogP contribution in [0, 0.1) is 13.8 Å². The Bertz CT molecular complexity index is 3640. The van der Waals surface area contributed by atoms with Gasteiger partial charge in [-0.05, 0) is 172 Å². The highest BCUT2D eigenvalue weighted by Crippen LogP contribution is 2.75. The molecule has 0 spiro atoms. The van der Waals surface area contributed by atoms with Crippen LogP contribution in [0.2, 0.25) is 0 Å². The molecule has 2 heterocycles. The van der Waals surface area contributed by atoms with Gasteiger partial charge in [-0.25, -0.2) is 0 Å². The maximum atomic E-state index is 2.54. The summed E-state index contributed by atoms with van der Waals surface area (Å²) in [5, 5.41) is 5.02. The molecule has 0 saturated heterocycles. The van der Waals surface area contributed by atoms with Crippen LogP contribution in [0.4, 0.5) is 0 Å². The zero-order valence-corrected chi connectivity index (χ0v) is 41.9. The van der Waals surface area contributed by atoms with Gasteiger partial charge in [0.2, 0.25) is 0 Å². The van der Waals surface area contributed by atoms with Crippen molar-refractivity contribution in [2.24, 2.45) is 0 Å². The Morgan fingerprint density at radius 2 is 0.458 bits per heavy atom. The van der Waals surface area contributed by atoms with E-state index in [1.165, 1.54) is 93.9 Å². The van der Waals surface area contributed by atoms with Crippen LogP contribution in [-0.2, 0) is 0 Å². The SMILES string of the molecule is Cc1ccc2c(c1)c1cc(C)ccc1n2-c1ccc(-n2c3ccc(S(c4ccccc4)(c4ccccc4)c4ccccc4)cc3c3cc(S(c4ccccc4)(c4ccccc4)c4ccccc4)ccc32)cc1. The second kappa shape index (κ2) is 17.8. The average Bonchev–Trinajstić information content (AvgIpc) is 3.94. The Labute approximate surface area is 424 Å². The Morgan fingerprint density at radius 1 is 0.222 bits per heavy atom. The van der Waals surface area contributed by atoms with Gasteiger partial charge in [0.15, 0.2) is 0 Å². The fourth-order valence-corrected chi connectivity index (χ4v) is 19.1. The lowest BCUT2D eigenvalue weighted by Gasteiger charge is -2.42. The predicted octanol–water partition coefficient (Wildman–Crippen LogP) is 19.2. The lowest BCUT2D eigenvalue weighted by atomic mass is 10.1. The van der Waals surface area contributed by atoms with Crippen LogP contribution < -0.4 is 0 Å². The average molecular weight is 961 g/mol. The van der Waals surface area contributed by atoms with Crippen LogP contribution in [0.5, 0.6) is 0 Å². The first-order valence-electron chi connectivity index (χ1n) is 24.7. The zero-order chi connectivity index (χ0) is 48.2. The molecular formula is C68H52N2S2. The van der Waals surface area contributed by atoms with Crippen LogP contribution in [0.3, 0.4) is 0 Å². The first kappa shape index (κ1) is 43.7. The summed E-state index contributed by atoms with van der Waals surface area (Å²) in [5.74, 6) is 0. The van der Waals surface area contributed by atoms with E-state index in [1.54, 1.807) is 0 Å². The van der Waals surface area contributed by atoms with Crippen molar-refractivity contribution in [2.75, 3.05) is 0 Å². The maximum Gasteiger partial charge on any atom is 0.0541 e. The summed E-state index contributed by atoms with van der Waals surface area (Å²) >= 11 is 0. The second-order valence-corrected chi connectivity index (χ2v) is 24.9. The summed E-state index contributed by atoms with van der Waals surface area (Å²) in [6.07, 6.45) is 0. The van der Waals surface area contributed by atoms with Gasteiger partial charge in [0.1, 0.15) is 0 Å². The van der Waals surface area contributed by atoms with Crippen molar-refractivity contribution < 1.29 is 0 Å². The van der Waals surface area contributed by atoms with Crippen molar-refractivity contribution in [2.45, 2.75) is 53.0 Å². The smallest absolute Gasteiger partial charge is 0.0541 e. The molecule has 11 aromatic carbocycles.